The average molecular weight is 320 g/mol. The minimum Gasteiger partial charge on any atom is -0.351 e. The fourth-order valence-electron chi connectivity index (χ4n) is 2.77. The minimum atomic E-state index is 0.231. The molecular formula is C16H20N2OS2. The Morgan fingerprint density at radius 2 is 2.14 bits per heavy atom. The summed E-state index contributed by atoms with van der Waals surface area (Å²) >= 11 is 3.39. The van der Waals surface area contributed by atoms with Gasteiger partial charge in [0, 0.05) is 16.2 Å². The summed E-state index contributed by atoms with van der Waals surface area (Å²) < 4.78 is 0. The molecule has 0 atom stereocenters. The lowest BCUT2D eigenvalue weighted by Gasteiger charge is -2.20. The molecule has 0 saturated heterocycles. The fraction of sp³-hybridized carbons (Fsp3) is 0.500. The van der Waals surface area contributed by atoms with E-state index in [9.17, 15) is 4.79 Å². The normalized spacial score (nSPS) is 16.0. The first kappa shape index (κ1) is 14.7. The summed E-state index contributed by atoms with van der Waals surface area (Å²) in [5.41, 5.74) is 1.05. The number of nitrogens with one attached hydrogen (secondary N) is 1. The molecule has 0 spiro atoms. The zero-order valence-electron chi connectivity index (χ0n) is 12.2. The Labute approximate surface area is 133 Å². The number of hydrogen-bond acceptors (Lipinski definition) is 4. The zero-order chi connectivity index (χ0) is 14.7. The quantitative estimate of drug-likeness (QED) is 0.908. The van der Waals surface area contributed by atoms with Crippen LogP contribution in [0.3, 0.4) is 0 Å². The molecule has 1 amide bonds. The molecule has 0 unspecified atom stereocenters. The molecule has 0 aliphatic heterocycles. The Morgan fingerprint density at radius 3 is 2.86 bits per heavy atom. The van der Waals surface area contributed by atoms with Gasteiger partial charge in [0.05, 0.1) is 22.1 Å². The molecule has 1 saturated carbocycles. The van der Waals surface area contributed by atoms with Crippen LogP contribution in [-0.2, 0) is 11.3 Å². The van der Waals surface area contributed by atoms with Crippen LogP contribution in [0.25, 0.3) is 10.6 Å². The summed E-state index contributed by atoms with van der Waals surface area (Å²) in [6.07, 6.45) is 5.79. The van der Waals surface area contributed by atoms with Gasteiger partial charge < -0.3 is 5.32 Å². The van der Waals surface area contributed by atoms with Gasteiger partial charge in [0.15, 0.2) is 0 Å². The summed E-state index contributed by atoms with van der Waals surface area (Å²) in [4.78, 5) is 19.0. The van der Waals surface area contributed by atoms with Crippen LogP contribution in [0.15, 0.2) is 17.5 Å². The van der Waals surface area contributed by atoms with Crippen LogP contribution >= 0.6 is 22.7 Å². The number of carbonyl (C=O) groups excluding carboxylic acids is 1. The van der Waals surface area contributed by atoms with Crippen molar-refractivity contribution in [3.05, 3.63) is 27.4 Å². The highest BCUT2D eigenvalue weighted by Gasteiger charge is 2.20. The summed E-state index contributed by atoms with van der Waals surface area (Å²) in [6, 6.07) is 4.19. The van der Waals surface area contributed by atoms with Crippen molar-refractivity contribution in [2.24, 2.45) is 5.92 Å². The lowest BCUT2D eigenvalue weighted by molar-refractivity contribution is -0.126. The first-order valence-corrected chi connectivity index (χ1v) is 9.21. The highest BCUT2D eigenvalue weighted by atomic mass is 32.1. The van der Waals surface area contributed by atoms with Crippen molar-refractivity contribution >= 4 is 28.6 Å². The molecule has 112 valence electrons. The zero-order valence-corrected chi connectivity index (χ0v) is 13.9. The summed E-state index contributed by atoms with van der Waals surface area (Å²) in [7, 11) is 0. The van der Waals surface area contributed by atoms with Gasteiger partial charge in [-0.3, -0.25) is 4.79 Å². The van der Waals surface area contributed by atoms with Gasteiger partial charge in [-0.05, 0) is 31.9 Å². The van der Waals surface area contributed by atoms with Gasteiger partial charge in [0.2, 0.25) is 5.91 Å². The van der Waals surface area contributed by atoms with Gasteiger partial charge >= 0.3 is 0 Å². The number of amides is 1. The standard InChI is InChI=1S/C16H20N2OS2/c1-11-18-14(10-20-11)15-8-7-13(21-15)9-17-16(19)12-5-3-2-4-6-12/h7-8,10,12H,2-6,9H2,1H3,(H,17,19). The monoisotopic (exact) mass is 320 g/mol. The SMILES string of the molecule is Cc1nc(-c2ccc(CNC(=O)C3CCCCC3)s2)cs1. The molecule has 3 nitrogen and oxygen atoms in total. The third-order valence-corrected chi connectivity index (χ3v) is 5.83. The van der Waals surface area contributed by atoms with Crippen molar-refractivity contribution < 1.29 is 4.79 Å². The molecule has 1 aliphatic carbocycles. The van der Waals surface area contributed by atoms with Crippen LogP contribution in [0, 0.1) is 12.8 Å². The molecule has 0 bridgehead atoms. The second-order valence-electron chi connectivity index (χ2n) is 5.57. The van der Waals surface area contributed by atoms with Gasteiger partial charge in [-0.15, -0.1) is 22.7 Å². The lowest BCUT2D eigenvalue weighted by atomic mass is 9.89. The maximum atomic E-state index is 12.1. The molecule has 1 fully saturated rings. The van der Waals surface area contributed by atoms with Gasteiger partial charge in [0.25, 0.3) is 0 Å². The van der Waals surface area contributed by atoms with Crippen molar-refractivity contribution in [2.75, 3.05) is 0 Å². The van der Waals surface area contributed by atoms with Crippen molar-refractivity contribution in [3.8, 4) is 10.6 Å². The Bertz CT molecular complexity index is 611. The molecule has 0 aromatic carbocycles. The molecular weight excluding hydrogens is 300 g/mol. The molecule has 2 aromatic heterocycles. The van der Waals surface area contributed by atoms with Crippen molar-refractivity contribution in [1.82, 2.24) is 10.3 Å². The summed E-state index contributed by atoms with van der Waals surface area (Å²) in [5.74, 6) is 0.466. The van der Waals surface area contributed by atoms with E-state index in [4.69, 9.17) is 0 Å². The maximum Gasteiger partial charge on any atom is 0.223 e. The molecule has 0 radical (unpaired) electrons. The first-order chi connectivity index (χ1) is 10.2. The van der Waals surface area contributed by atoms with Gasteiger partial charge in [0.1, 0.15) is 0 Å². The van der Waals surface area contributed by atoms with Crippen LogP contribution in [-0.4, -0.2) is 10.9 Å². The van der Waals surface area contributed by atoms with Crippen molar-refractivity contribution in [1.29, 1.82) is 0 Å². The smallest absolute Gasteiger partial charge is 0.223 e. The van der Waals surface area contributed by atoms with E-state index in [1.807, 2.05) is 6.92 Å². The molecule has 1 aliphatic rings. The maximum absolute atomic E-state index is 12.1. The number of thiophene rings is 1. The second kappa shape index (κ2) is 6.71. The van der Waals surface area contributed by atoms with Crippen LogP contribution < -0.4 is 5.32 Å². The molecule has 1 N–H and O–H groups in total. The third-order valence-electron chi connectivity index (χ3n) is 3.95. The van der Waals surface area contributed by atoms with E-state index in [2.05, 4.69) is 27.8 Å². The molecule has 2 aromatic rings. The van der Waals surface area contributed by atoms with E-state index >= 15 is 0 Å². The number of aryl methyl sites for hydroxylation is 1. The van der Waals surface area contributed by atoms with E-state index in [0.29, 0.717) is 6.54 Å². The number of aromatic nitrogens is 1. The number of hydrogen-bond donors (Lipinski definition) is 1. The molecule has 21 heavy (non-hydrogen) atoms. The van der Waals surface area contributed by atoms with Crippen LogP contribution in [0.1, 0.15) is 42.0 Å². The predicted octanol–water partition coefficient (Wildman–Crippen LogP) is 4.38. The van der Waals surface area contributed by atoms with Crippen LogP contribution in [0.2, 0.25) is 0 Å². The highest BCUT2D eigenvalue weighted by Crippen LogP contribution is 2.29. The van der Waals surface area contributed by atoms with Gasteiger partial charge in [-0.1, -0.05) is 19.3 Å². The number of rotatable bonds is 4. The topological polar surface area (TPSA) is 42.0 Å². The Kier molecular flexibility index (Phi) is 4.70. The molecule has 3 rings (SSSR count). The Hall–Kier alpha value is -1.20. The van der Waals surface area contributed by atoms with E-state index < -0.39 is 0 Å². The van der Waals surface area contributed by atoms with Crippen LogP contribution in [0.4, 0.5) is 0 Å². The summed E-state index contributed by atoms with van der Waals surface area (Å²) in [5, 5.41) is 6.27. The number of carbonyl (C=O) groups is 1. The van der Waals surface area contributed by atoms with Crippen molar-refractivity contribution in [3.63, 3.8) is 0 Å². The fourth-order valence-corrected chi connectivity index (χ4v) is 4.37. The predicted molar refractivity (Wildman–Crippen MR) is 88.6 cm³/mol. The summed E-state index contributed by atoms with van der Waals surface area (Å²) in [6.45, 7) is 2.66. The van der Waals surface area contributed by atoms with Gasteiger partial charge in [-0.2, -0.15) is 0 Å². The van der Waals surface area contributed by atoms with E-state index in [-0.39, 0.29) is 11.8 Å². The minimum absolute atomic E-state index is 0.231. The van der Waals surface area contributed by atoms with Gasteiger partial charge in [-0.25, -0.2) is 4.98 Å². The first-order valence-electron chi connectivity index (χ1n) is 7.51. The number of nitrogens with zero attached hydrogens (tertiary/aromatic N) is 1. The second-order valence-corrected chi connectivity index (χ2v) is 7.80. The average Bonchev–Trinajstić information content (AvgIpc) is 3.14. The highest BCUT2D eigenvalue weighted by molar-refractivity contribution is 7.16. The van der Waals surface area contributed by atoms with Crippen LogP contribution in [0.5, 0.6) is 0 Å². The van der Waals surface area contributed by atoms with Crippen molar-refractivity contribution in [2.45, 2.75) is 45.6 Å². The molecule has 2 heterocycles. The van der Waals surface area contributed by atoms with E-state index in [1.54, 1.807) is 22.7 Å². The Morgan fingerprint density at radius 1 is 1.33 bits per heavy atom. The van der Waals surface area contributed by atoms with E-state index in [1.165, 1.54) is 29.0 Å². The van der Waals surface area contributed by atoms with E-state index in [0.717, 1.165) is 23.5 Å². The lowest BCUT2D eigenvalue weighted by Crippen LogP contribution is -2.31. The Balaban J connectivity index is 1.56. The number of thiazole rings is 1. The molecule has 5 heteroatoms. The third kappa shape index (κ3) is 3.71. The largest absolute Gasteiger partial charge is 0.351 e.